The maximum atomic E-state index is 13.3. The summed E-state index contributed by atoms with van der Waals surface area (Å²) in [5.74, 6) is -0.818. The molecule has 6 nitrogen and oxygen atoms in total. The van der Waals surface area contributed by atoms with E-state index < -0.39 is 21.8 Å². The molecule has 1 unspecified atom stereocenters. The summed E-state index contributed by atoms with van der Waals surface area (Å²) in [6, 6.07) is 19.8. The standard InChI is InChI=1S/C23H18N2O4S/c1-15-14-16-6-2-5-9-21(16)25(15)30(28,29)18-12-10-17(11-13-18)24-22(26)19-7-3-4-8-20(19)23(24)27/h2-13,15H,14H2,1H3. The molecule has 3 aromatic carbocycles. The molecule has 2 aliphatic rings. The van der Waals surface area contributed by atoms with Crippen LogP contribution in [0.3, 0.4) is 0 Å². The van der Waals surface area contributed by atoms with E-state index in [2.05, 4.69) is 0 Å². The van der Waals surface area contributed by atoms with Gasteiger partial charge in [0.2, 0.25) is 0 Å². The second-order valence-electron chi connectivity index (χ2n) is 7.47. The highest BCUT2D eigenvalue weighted by Crippen LogP contribution is 2.37. The van der Waals surface area contributed by atoms with Gasteiger partial charge >= 0.3 is 0 Å². The Kier molecular flexibility index (Phi) is 4.04. The fourth-order valence-electron chi connectivity index (χ4n) is 4.21. The maximum Gasteiger partial charge on any atom is 0.266 e. The van der Waals surface area contributed by atoms with E-state index in [0.29, 0.717) is 28.9 Å². The monoisotopic (exact) mass is 418 g/mol. The molecule has 0 radical (unpaired) electrons. The van der Waals surface area contributed by atoms with E-state index in [4.69, 9.17) is 0 Å². The van der Waals surface area contributed by atoms with Crippen LogP contribution in [0.1, 0.15) is 33.2 Å². The molecule has 3 aromatic rings. The molecule has 0 bridgehead atoms. The molecule has 0 saturated heterocycles. The summed E-state index contributed by atoms with van der Waals surface area (Å²) < 4.78 is 28.1. The van der Waals surface area contributed by atoms with Gasteiger partial charge in [-0.15, -0.1) is 0 Å². The number of carbonyl (C=O) groups excluding carboxylic acids is 2. The Morgan fingerprint density at radius 1 is 0.800 bits per heavy atom. The number of carbonyl (C=O) groups is 2. The zero-order valence-corrected chi connectivity index (χ0v) is 17.0. The van der Waals surface area contributed by atoms with Crippen LogP contribution in [-0.2, 0) is 16.4 Å². The molecule has 0 saturated carbocycles. The molecule has 0 fully saturated rings. The van der Waals surface area contributed by atoms with Crippen molar-refractivity contribution in [2.24, 2.45) is 0 Å². The Morgan fingerprint density at radius 3 is 2.00 bits per heavy atom. The number of nitrogens with zero attached hydrogens (tertiary/aromatic N) is 2. The summed E-state index contributed by atoms with van der Waals surface area (Å²) in [7, 11) is -3.78. The van der Waals surface area contributed by atoms with Gasteiger partial charge in [0.05, 0.1) is 27.4 Å². The Balaban J connectivity index is 1.49. The highest BCUT2D eigenvalue weighted by Gasteiger charge is 2.38. The molecule has 0 aromatic heterocycles. The number of rotatable bonds is 3. The van der Waals surface area contributed by atoms with Crippen molar-refractivity contribution in [2.75, 3.05) is 9.21 Å². The normalized spacial score (nSPS) is 18.0. The number of anilines is 2. The van der Waals surface area contributed by atoms with Crippen LogP contribution in [0.2, 0.25) is 0 Å². The molecule has 2 aliphatic heterocycles. The van der Waals surface area contributed by atoms with Crippen LogP contribution in [0.4, 0.5) is 11.4 Å². The number of hydrogen-bond donors (Lipinski definition) is 0. The van der Waals surface area contributed by atoms with Crippen LogP contribution < -0.4 is 9.21 Å². The van der Waals surface area contributed by atoms with E-state index in [-0.39, 0.29) is 10.9 Å². The zero-order chi connectivity index (χ0) is 21.0. The molecular formula is C23H18N2O4S. The second-order valence-corrected chi connectivity index (χ2v) is 9.28. The van der Waals surface area contributed by atoms with Gasteiger partial charge in [-0.05, 0) is 61.4 Å². The minimum atomic E-state index is -3.78. The van der Waals surface area contributed by atoms with Gasteiger partial charge in [0.25, 0.3) is 21.8 Å². The van der Waals surface area contributed by atoms with Gasteiger partial charge in [-0.25, -0.2) is 13.3 Å². The molecule has 150 valence electrons. The Labute approximate surface area is 174 Å². The van der Waals surface area contributed by atoms with Crippen molar-refractivity contribution in [1.29, 1.82) is 0 Å². The lowest BCUT2D eigenvalue weighted by Crippen LogP contribution is -2.35. The number of fused-ring (bicyclic) bond motifs is 2. The van der Waals surface area contributed by atoms with Crippen LogP contribution in [0.25, 0.3) is 0 Å². The minimum Gasteiger partial charge on any atom is -0.268 e. The van der Waals surface area contributed by atoms with Crippen molar-refractivity contribution < 1.29 is 18.0 Å². The van der Waals surface area contributed by atoms with Crippen molar-refractivity contribution >= 4 is 33.2 Å². The molecule has 1 atom stereocenters. The minimum absolute atomic E-state index is 0.117. The predicted octanol–water partition coefficient (Wildman–Crippen LogP) is 3.63. The van der Waals surface area contributed by atoms with Crippen LogP contribution in [0.15, 0.2) is 77.7 Å². The fourth-order valence-corrected chi connectivity index (χ4v) is 5.90. The lowest BCUT2D eigenvalue weighted by atomic mass is 10.1. The third kappa shape index (κ3) is 2.59. The summed E-state index contributed by atoms with van der Waals surface area (Å²) >= 11 is 0. The quantitative estimate of drug-likeness (QED) is 0.609. The van der Waals surface area contributed by atoms with Crippen LogP contribution in [-0.4, -0.2) is 26.3 Å². The van der Waals surface area contributed by atoms with Gasteiger partial charge in [0, 0.05) is 6.04 Å². The zero-order valence-electron chi connectivity index (χ0n) is 16.1. The highest BCUT2D eigenvalue weighted by atomic mass is 32.2. The van der Waals surface area contributed by atoms with Crippen molar-refractivity contribution in [1.82, 2.24) is 0 Å². The van der Waals surface area contributed by atoms with Crippen LogP contribution >= 0.6 is 0 Å². The Bertz CT molecular complexity index is 1260. The van der Waals surface area contributed by atoms with Gasteiger partial charge in [0.15, 0.2) is 0 Å². The molecule has 0 N–H and O–H groups in total. The molecule has 0 aliphatic carbocycles. The molecule has 5 rings (SSSR count). The number of hydrogen-bond acceptors (Lipinski definition) is 4. The average molecular weight is 418 g/mol. The summed E-state index contributed by atoms with van der Waals surface area (Å²) in [4.78, 5) is 26.5. The molecule has 0 spiro atoms. The van der Waals surface area contributed by atoms with Crippen molar-refractivity contribution in [3.8, 4) is 0 Å². The average Bonchev–Trinajstić information content (AvgIpc) is 3.22. The largest absolute Gasteiger partial charge is 0.268 e. The molecule has 2 heterocycles. The summed E-state index contributed by atoms with van der Waals surface area (Å²) in [5, 5.41) is 0. The Hall–Kier alpha value is -3.45. The summed E-state index contributed by atoms with van der Waals surface area (Å²) in [6.45, 7) is 1.88. The Morgan fingerprint density at radius 2 is 1.37 bits per heavy atom. The van der Waals surface area contributed by atoms with E-state index in [1.165, 1.54) is 28.6 Å². The smallest absolute Gasteiger partial charge is 0.266 e. The van der Waals surface area contributed by atoms with Crippen LogP contribution in [0, 0.1) is 0 Å². The maximum absolute atomic E-state index is 13.3. The third-order valence-electron chi connectivity index (χ3n) is 5.59. The molecule has 7 heteroatoms. The first-order chi connectivity index (χ1) is 14.4. The van der Waals surface area contributed by atoms with Crippen LogP contribution in [0.5, 0.6) is 0 Å². The van der Waals surface area contributed by atoms with Gasteiger partial charge in [-0.3, -0.25) is 13.9 Å². The number of imide groups is 1. The van der Waals surface area contributed by atoms with Gasteiger partial charge in [-0.2, -0.15) is 0 Å². The van der Waals surface area contributed by atoms with E-state index in [9.17, 15) is 18.0 Å². The number of sulfonamides is 1. The van der Waals surface area contributed by atoms with E-state index in [1.807, 2.05) is 31.2 Å². The highest BCUT2D eigenvalue weighted by molar-refractivity contribution is 7.92. The first-order valence-electron chi connectivity index (χ1n) is 9.60. The SMILES string of the molecule is CC1Cc2ccccc2N1S(=O)(=O)c1ccc(N2C(=O)c3ccccc3C2=O)cc1. The number of benzene rings is 3. The van der Waals surface area contributed by atoms with Crippen molar-refractivity contribution in [3.05, 3.63) is 89.5 Å². The van der Waals surface area contributed by atoms with Crippen molar-refractivity contribution in [2.45, 2.75) is 24.3 Å². The second kappa shape index (κ2) is 6.53. The molecule has 30 heavy (non-hydrogen) atoms. The van der Waals surface area contributed by atoms with Gasteiger partial charge in [-0.1, -0.05) is 30.3 Å². The van der Waals surface area contributed by atoms with E-state index in [0.717, 1.165) is 10.5 Å². The first kappa shape index (κ1) is 18.6. The number of para-hydroxylation sites is 1. The number of amides is 2. The molecule has 2 amide bonds. The lowest BCUT2D eigenvalue weighted by Gasteiger charge is -2.24. The van der Waals surface area contributed by atoms with Crippen molar-refractivity contribution in [3.63, 3.8) is 0 Å². The van der Waals surface area contributed by atoms with Gasteiger partial charge < -0.3 is 0 Å². The van der Waals surface area contributed by atoms with Gasteiger partial charge in [0.1, 0.15) is 0 Å². The topological polar surface area (TPSA) is 74.8 Å². The summed E-state index contributed by atoms with van der Waals surface area (Å²) in [5.41, 5.74) is 2.73. The predicted molar refractivity (Wildman–Crippen MR) is 113 cm³/mol. The fraction of sp³-hybridized carbons (Fsp3) is 0.130. The van der Waals surface area contributed by atoms with E-state index in [1.54, 1.807) is 24.3 Å². The summed E-state index contributed by atoms with van der Waals surface area (Å²) in [6.07, 6.45) is 0.655. The first-order valence-corrected chi connectivity index (χ1v) is 11.0. The molecular weight excluding hydrogens is 400 g/mol. The lowest BCUT2D eigenvalue weighted by molar-refractivity contribution is 0.0926. The third-order valence-corrected chi connectivity index (χ3v) is 7.53. The van der Waals surface area contributed by atoms with E-state index >= 15 is 0 Å².